The summed E-state index contributed by atoms with van der Waals surface area (Å²) in [6.45, 7) is 2.35. The van der Waals surface area contributed by atoms with E-state index in [1.807, 2.05) is 0 Å². The van der Waals surface area contributed by atoms with Gasteiger partial charge in [-0.05, 0) is 43.3 Å². The Morgan fingerprint density at radius 1 is 1.07 bits per heavy atom. The first-order valence-corrected chi connectivity index (χ1v) is 9.82. The Balaban J connectivity index is 1.70. The first kappa shape index (κ1) is 19.1. The van der Waals surface area contributed by atoms with Crippen LogP contribution in [0.2, 0.25) is 0 Å². The summed E-state index contributed by atoms with van der Waals surface area (Å²) in [5, 5.41) is 2.52. The van der Waals surface area contributed by atoms with Crippen LogP contribution in [0.25, 0.3) is 0 Å². The summed E-state index contributed by atoms with van der Waals surface area (Å²) in [6, 6.07) is 8.41. The van der Waals surface area contributed by atoms with E-state index in [-0.39, 0.29) is 4.90 Å². The Hall–Kier alpha value is -2.65. The van der Waals surface area contributed by atoms with Crippen LogP contribution in [0.4, 0.5) is 10.1 Å². The molecule has 3 rings (SSSR count). The van der Waals surface area contributed by atoms with Crippen molar-refractivity contribution in [3.63, 3.8) is 0 Å². The predicted octanol–water partition coefficient (Wildman–Crippen LogP) is 2.29. The molecule has 0 unspecified atom stereocenters. The summed E-state index contributed by atoms with van der Waals surface area (Å²) < 4.78 is 51.4. The second-order valence-electron chi connectivity index (χ2n) is 6.00. The van der Waals surface area contributed by atoms with Gasteiger partial charge in [-0.1, -0.05) is 0 Å². The van der Waals surface area contributed by atoms with Crippen molar-refractivity contribution >= 4 is 21.6 Å². The first-order valence-electron chi connectivity index (χ1n) is 8.33. The minimum Gasteiger partial charge on any atom is -0.490 e. The van der Waals surface area contributed by atoms with Crippen LogP contribution in [0.5, 0.6) is 11.5 Å². The van der Waals surface area contributed by atoms with Crippen LogP contribution in [0.15, 0.2) is 47.4 Å². The number of nitrogens with one attached hydrogen (secondary N) is 2. The van der Waals surface area contributed by atoms with Gasteiger partial charge in [0.25, 0.3) is 0 Å². The molecule has 2 aromatic rings. The highest BCUT2D eigenvalue weighted by Crippen LogP contribution is 2.31. The summed E-state index contributed by atoms with van der Waals surface area (Å²) in [5.41, 5.74) is 0.364. The van der Waals surface area contributed by atoms with Crippen LogP contribution < -0.4 is 19.5 Å². The molecule has 2 aromatic carbocycles. The largest absolute Gasteiger partial charge is 0.490 e. The maximum atomic E-state index is 12.9. The number of amides is 1. The normalized spacial score (nSPS) is 14.9. The second-order valence-corrected chi connectivity index (χ2v) is 7.71. The van der Waals surface area contributed by atoms with Crippen molar-refractivity contribution in [2.45, 2.75) is 24.3 Å². The van der Waals surface area contributed by atoms with Crippen molar-refractivity contribution in [1.82, 2.24) is 4.72 Å². The van der Waals surface area contributed by atoms with Gasteiger partial charge in [-0.3, -0.25) is 4.79 Å². The third-order valence-corrected chi connectivity index (χ3v) is 5.40. The molecular weight excluding hydrogens is 375 g/mol. The van der Waals surface area contributed by atoms with Gasteiger partial charge in [-0.2, -0.15) is 4.72 Å². The van der Waals surface area contributed by atoms with E-state index in [0.717, 1.165) is 0 Å². The fourth-order valence-electron chi connectivity index (χ4n) is 2.45. The number of hydrogen-bond acceptors (Lipinski definition) is 5. The van der Waals surface area contributed by atoms with Crippen LogP contribution >= 0.6 is 0 Å². The Morgan fingerprint density at radius 3 is 2.44 bits per heavy atom. The number of halogens is 1. The molecule has 1 heterocycles. The van der Waals surface area contributed by atoms with Gasteiger partial charge in [-0.25, -0.2) is 12.8 Å². The fourth-order valence-corrected chi connectivity index (χ4v) is 3.67. The predicted molar refractivity (Wildman–Crippen MR) is 96.9 cm³/mol. The molecule has 2 N–H and O–H groups in total. The van der Waals surface area contributed by atoms with Crippen LogP contribution in [0, 0.1) is 5.82 Å². The molecule has 0 saturated heterocycles. The summed E-state index contributed by atoms with van der Waals surface area (Å²) >= 11 is 0. The monoisotopic (exact) mass is 394 g/mol. The third-order valence-electron chi connectivity index (χ3n) is 3.87. The first-order chi connectivity index (χ1) is 12.8. The van der Waals surface area contributed by atoms with Crippen LogP contribution in [-0.2, 0) is 14.8 Å². The van der Waals surface area contributed by atoms with Crippen LogP contribution in [0.3, 0.4) is 0 Å². The molecule has 0 aromatic heterocycles. The molecule has 9 heteroatoms. The van der Waals surface area contributed by atoms with Crippen molar-refractivity contribution in [1.29, 1.82) is 0 Å². The van der Waals surface area contributed by atoms with E-state index in [0.29, 0.717) is 36.8 Å². The van der Waals surface area contributed by atoms with E-state index in [1.165, 1.54) is 49.4 Å². The third kappa shape index (κ3) is 4.75. The molecular formula is C18H19FN2O5S. The van der Waals surface area contributed by atoms with Crippen molar-refractivity contribution < 1.29 is 27.1 Å². The van der Waals surface area contributed by atoms with Gasteiger partial charge >= 0.3 is 0 Å². The highest BCUT2D eigenvalue weighted by atomic mass is 32.2. The lowest BCUT2D eigenvalue weighted by Gasteiger charge is -2.15. The molecule has 0 radical (unpaired) electrons. The molecule has 144 valence electrons. The number of ether oxygens (including phenoxy) is 2. The molecule has 0 saturated carbocycles. The van der Waals surface area contributed by atoms with Crippen molar-refractivity contribution in [2.24, 2.45) is 0 Å². The lowest BCUT2D eigenvalue weighted by Crippen LogP contribution is -2.41. The molecule has 0 spiro atoms. The Bertz CT molecular complexity index is 931. The van der Waals surface area contributed by atoms with Gasteiger partial charge in [0.2, 0.25) is 15.9 Å². The van der Waals surface area contributed by atoms with Gasteiger partial charge in [0.15, 0.2) is 11.5 Å². The molecule has 1 aliphatic heterocycles. The van der Waals surface area contributed by atoms with Gasteiger partial charge in [0.05, 0.1) is 24.2 Å². The molecule has 0 bridgehead atoms. The maximum absolute atomic E-state index is 12.9. The summed E-state index contributed by atoms with van der Waals surface area (Å²) in [6.07, 6.45) is 0.704. The van der Waals surface area contributed by atoms with Gasteiger partial charge in [0, 0.05) is 18.2 Å². The van der Waals surface area contributed by atoms with E-state index in [4.69, 9.17) is 9.47 Å². The van der Waals surface area contributed by atoms with E-state index in [9.17, 15) is 17.6 Å². The molecule has 7 nitrogen and oxygen atoms in total. The standard InChI is InChI=1S/C18H19FN2O5S/c1-12(18(22)20-14-5-3-13(19)4-6-14)21-27(23,24)15-7-8-16-17(11-15)26-10-2-9-25-16/h3-8,11-12,21H,2,9-10H2,1H3,(H,20,22)/t12-/m1/s1. The van der Waals surface area contributed by atoms with Gasteiger partial charge < -0.3 is 14.8 Å². The number of carbonyl (C=O) groups is 1. The Morgan fingerprint density at radius 2 is 1.74 bits per heavy atom. The van der Waals surface area contributed by atoms with Gasteiger partial charge in [0.1, 0.15) is 5.82 Å². The Labute approximate surface area is 156 Å². The zero-order chi connectivity index (χ0) is 19.4. The van der Waals surface area contributed by atoms with Crippen molar-refractivity contribution in [2.75, 3.05) is 18.5 Å². The molecule has 1 aliphatic rings. The highest BCUT2D eigenvalue weighted by molar-refractivity contribution is 7.89. The number of benzene rings is 2. The molecule has 1 amide bonds. The van der Waals surface area contributed by atoms with E-state index < -0.39 is 27.8 Å². The van der Waals surface area contributed by atoms with E-state index >= 15 is 0 Å². The van der Waals surface area contributed by atoms with Crippen LogP contribution in [0.1, 0.15) is 13.3 Å². The average Bonchev–Trinajstić information content (AvgIpc) is 2.88. The van der Waals surface area contributed by atoms with Crippen LogP contribution in [-0.4, -0.2) is 33.6 Å². The summed E-state index contributed by atoms with van der Waals surface area (Å²) in [5.74, 6) is -0.178. The highest BCUT2D eigenvalue weighted by Gasteiger charge is 2.24. The lowest BCUT2D eigenvalue weighted by molar-refractivity contribution is -0.117. The molecule has 0 aliphatic carbocycles. The van der Waals surface area contributed by atoms with E-state index in [1.54, 1.807) is 0 Å². The second kappa shape index (κ2) is 7.93. The number of fused-ring (bicyclic) bond motifs is 1. The fraction of sp³-hybridized carbons (Fsp3) is 0.278. The molecule has 0 fully saturated rings. The average molecular weight is 394 g/mol. The smallest absolute Gasteiger partial charge is 0.242 e. The minimum atomic E-state index is -3.96. The summed E-state index contributed by atoms with van der Waals surface area (Å²) in [4.78, 5) is 12.2. The molecule has 27 heavy (non-hydrogen) atoms. The van der Waals surface area contributed by atoms with Gasteiger partial charge in [-0.15, -0.1) is 0 Å². The number of hydrogen-bond donors (Lipinski definition) is 2. The number of sulfonamides is 1. The molecule has 1 atom stereocenters. The minimum absolute atomic E-state index is 0.0341. The van der Waals surface area contributed by atoms with Crippen molar-refractivity contribution in [3.05, 3.63) is 48.3 Å². The zero-order valence-corrected chi connectivity index (χ0v) is 15.4. The lowest BCUT2D eigenvalue weighted by atomic mass is 10.3. The van der Waals surface area contributed by atoms with E-state index in [2.05, 4.69) is 10.0 Å². The maximum Gasteiger partial charge on any atom is 0.242 e. The summed E-state index contributed by atoms with van der Waals surface area (Å²) in [7, 11) is -3.96. The SMILES string of the molecule is C[C@@H](NS(=O)(=O)c1ccc2c(c1)OCCCO2)C(=O)Nc1ccc(F)cc1. The number of anilines is 1. The van der Waals surface area contributed by atoms with Crippen molar-refractivity contribution in [3.8, 4) is 11.5 Å². The Kier molecular flexibility index (Phi) is 5.62. The topological polar surface area (TPSA) is 93.7 Å². The number of rotatable bonds is 5. The quantitative estimate of drug-likeness (QED) is 0.812. The number of carbonyl (C=O) groups excluding carboxylic acids is 1. The zero-order valence-electron chi connectivity index (χ0n) is 14.6.